The van der Waals surface area contributed by atoms with Gasteiger partial charge in [0, 0.05) is 23.5 Å². The molecule has 70 valence electrons. The van der Waals surface area contributed by atoms with E-state index in [0.29, 0.717) is 17.5 Å². The Bertz CT molecular complexity index is 478. The molecule has 5 nitrogen and oxygen atoms in total. The number of rotatable bonds is 2. The highest BCUT2D eigenvalue weighted by atomic mass is 32.1. The summed E-state index contributed by atoms with van der Waals surface area (Å²) in [4.78, 5) is 8.84. The summed E-state index contributed by atoms with van der Waals surface area (Å²) in [7, 11) is 0. The van der Waals surface area contributed by atoms with Crippen LogP contribution in [-0.2, 0) is 6.54 Å². The van der Waals surface area contributed by atoms with Gasteiger partial charge in [-0.1, -0.05) is 0 Å². The summed E-state index contributed by atoms with van der Waals surface area (Å²) in [5.74, 6) is 0.400. The predicted octanol–water partition coefficient (Wildman–Crippen LogP) is 0.842. The van der Waals surface area contributed by atoms with Crippen molar-refractivity contribution in [3.8, 4) is 6.07 Å². The monoisotopic (exact) mass is 205 g/mol. The summed E-state index contributed by atoms with van der Waals surface area (Å²) in [5, 5.41) is 9.26. The van der Waals surface area contributed by atoms with Gasteiger partial charge in [0.05, 0.1) is 6.54 Å². The second-order valence-corrected chi connectivity index (χ2v) is 3.80. The van der Waals surface area contributed by atoms with Gasteiger partial charge >= 0.3 is 0 Å². The smallest absolute Gasteiger partial charge is 0.213 e. The fourth-order valence-corrected chi connectivity index (χ4v) is 1.80. The Hall–Kier alpha value is -1.87. The molecule has 0 aliphatic carbocycles. The van der Waals surface area contributed by atoms with Crippen molar-refractivity contribution < 1.29 is 0 Å². The Morgan fingerprint density at radius 2 is 2.43 bits per heavy atom. The van der Waals surface area contributed by atoms with Crippen molar-refractivity contribution >= 4 is 16.5 Å². The molecule has 0 radical (unpaired) electrons. The van der Waals surface area contributed by atoms with Crippen LogP contribution in [0.4, 0.5) is 5.13 Å². The van der Waals surface area contributed by atoms with Crippen LogP contribution in [0.15, 0.2) is 18.6 Å². The topological polar surface area (TPSA) is 80.5 Å². The predicted molar refractivity (Wildman–Crippen MR) is 52.6 cm³/mol. The summed E-state index contributed by atoms with van der Waals surface area (Å²) in [6, 6.07) is 2.01. The van der Waals surface area contributed by atoms with Crippen molar-refractivity contribution in [2.24, 2.45) is 0 Å². The van der Waals surface area contributed by atoms with Gasteiger partial charge in [-0.3, -0.25) is 0 Å². The van der Waals surface area contributed by atoms with Crippen LogP contribution < -0.4 is 5.73 Å². The first kappa shape index (κ1) is 8.72. The Labute approximate surface area is 84.4 Å². The van der Waals surface area contributed by atoms with Gasteiger partial charge in [0.2, 0.25) is 5.82 Å². The molecule has 0 saturated heterocycles. The van der Waals surface area contributed by atoms with Gasteiger partial charge in [0.1, 0.15) is 6.07 Å². The number of nitriles is 1. The first-order chi connectivity index (χ1) is 6.79. The van der Waals surface area contributed by atoms with Crippen LogP contribution >= 0.6 is 11.3 Å². The number of thiazole rings is 1. The second kappa shape index (κ2) is 3.47. The van der Waals surface area contributed by atoms with Crippen molar-refractivity contribution in [1.82, 2.24) is 14.5 Å². The average Bonchev–Trinajstić information content (AvgIpc) is 2.76. The Balaban J connectivity index is 2.23. The normalized spacial score (nSPS) is 9.93. The molecule has 0 aliphatic rings. The second-order valence-electron chi connectivity index (χ2n) is 2.66. The van der Waals surface area contributed by atoms with Crippen LogP contribution in [-0.4, -0.2) is 14.5 Å². The Morgan fingerprint density at radius 1 is 1.57 bits per heavy atom. The molecule has 0 saturated carbocycles. The lowest BCUT2D eigenvalue weighted by molar-refractivity contribution is 0.792. The number of hydrogen-bond donors (Lipinski definition) is 1. The highest BCUT2D eigenvalue weighted by Gasteiger charge is 2.04. The number of aromatic nitrogens is 3. The van der Waals surface area contributed by atoms with Gasteiger partial charge in [-0.2, -0.15) is 5.26 Å². The zero-order valence-corrected chi connectivity index (χ0v) is 8.03. The fraction of sp³-hybridized carbons (Fsp3) is 0.125. The van der Waals surface area contributed by atoms with Gasteiger partial charge < -0.3 is 10.3 Å². The van der Waals surface area contributed by atoms with E-state index in [2.05, 4.69) is 9.97 Å². The summed E-state index contributed by atoms with van der Waals surface area (Å²) in [5.41, 5.74) is 5.50. The number of nitrogens with two attached hydrogens (primary N) is 1. The van der Waals surface area contributed by atoms with E-state index in [-0.39, 0.29) is 0 Å². The molecule has 6 heteroatoms. The van der Waals surface area contributed by atoms with Gasteiger partial charge in [-0.05, 0) is 0 Å². The average molecular weight is 205 g/mol. The highest BCUT2D eigenvalue weighted by molar-refractivity contribution is 7.15. The van der Waals surface area contributed by atoms with Gasteiger partial charge in [0.25, 0.3) is 0 Å². The Morgan fingerprint density at radius 3 is 3.07 bits per heavy atom. The molecule has 2 aromatic heterocycles. The van der Waals surface area contributed by atoms with E-state index in [1.807, 2.05) is 6.07 Å². The third kappa shape index (κ3) is 1.58. The minimum Gasteiger partial charge on any atom is -0.375 e. The first-order valence-corrected chi connectivity index (χ1v) is 4.72. The summed E-state index contributed by atoms with van der Waals surface area (Å²) < 4.78 is 1.76. The third-order valence-electron chi connectivity index (χ3n) is 1.71. The molecular formula is C8H7N5S. The van der Waals surface area contributed by atoms with Crippen molar-refractivity contribution in [2.75, 3.05) is 5.73 Å². The van der Waals surface area contributed by atoms with Crippen LogP contribution in [0.2, 0.25) is 0 Å². The maximum absolute atomic E-state index is 8.72. The van der Waals surface area contributed by atoms with E-state index in [1.165, 1.54) is 11.3 Å². The summed E-state index contributed by atoms with van der Waals surface area (Å²) in [6.45, 7) is 0.595. The SMILES string of the molecule is N#Cc1nccn1Cc1cnc(N)s1. The standard InChI is InChI=1S/C8H7N5S/c9-3-7-11-1-2-13(7)5-6-4-12-8(10)14-6/h1-2,4H,5H2,(H2,10,12). The van der Waals surface area contributed by atoms with E-state index in [1.54, 1.807) is 23.2 Å². The minimum absolute atomic E-state index is 0.400. The van der Waals surface area contributed by atoms with E-state index in [0.717, 1.165) is 4.88 Å². The van der Waals surface area contributed by atoms with Crippen LogP contribution in [0.5, 0.6) is 0 Å². The molecule has 2 aromatic rings. The van der Waals surface area contributed by atoms with Crippen LogP contribution in [0, 0.1) is 11.3 Å². The third-order valence-corrected chi connectivity index (χ3v) is 2.52. The van der Waals surface area contributed by atoms with Gasteiger partial charge in [-0.25, -0.2) is 9.97 Å². The van der Waals surface area contributed by atoms with Gasteiger partial charge in [-0.15, -0.1) is 11.3 Å². The molecule has 0 aromatic carbocycles. The number of hydrogen-bond acceptors (Lipinski definition) is 5. The number of nitrogens with zero attached hydrogens (tertiary/aromatic N) is 4. The van der Waals surface area contributed by atoms with Crippen molar-refractivity contribution in [2.45, 2.75) is 6.54 Å². The summed E-state index contributed by atoms with van der Waals surface area (Å²) >= 11 is 1.41. The number of imidazole rings is 1. The largest absolute Gasteiger partial charge is 0.375 e. The molecule has 2 N–H and O–H groups in total. The van der Waals surface area contributed by atoms with Crippen molar-refractivity contribution in [1.29, 1.82) is 5.26 Å². The van der Waals surface area contributed by atoms with E-state index in [4.69, 9.17) is 11.0 Å². The molecule has 2 heterocycles. The number of nitrogen functional groups attached to an aromatic ring is 1. The zero-order chi connectivity index (χ0) is 9.97. The van der Waals surface area contributed by atoms with Crippen molar-refractivity contribution in [3.63, 3.8) is 0 Å². The quantitative estimate of drug-likeness (QED) is 0.787. The zero-order valence-electron chi connectivity index (χ0n) is 7.21. The molecule has 14 heavy (non-hydrogen) atoms. The van der Waals surface area contributed by atoms with Crippen LogP contribution in [0.1, 0.15) is 10.7 Å². The van der Waals surface area contributed by atoms with E-state index < -0.39 is 0 Å². The highest BCUT2D eigenvalue weighted by Crippen LogP contribution is 2.15. The fourth-order valence-electron chi connectivity index (χ4n) is 1.11. The van der Waals surface area contributed by atoms with Crippen molar-refractivity contribution in [3.05, 3.63) is 29.3 Å². The van der Waals surface area contributed by atoms with E-state index >= 15 is 0 Å². The lowest BCUT2D eigenvalue weighted by atomic mass is 10.5. The lowest BCUT2D eigenvalue weighted by Gasteiger charge is -1.98. The molecule has 0 bridgehead atoms. The molecule has 0 atom stereocenters. The van der Waals surface area contributed by atoms with E-state index in [9.17, 15) is 0 Å². The van der Waals surface area contributed by atoms with Crippen LogP contribution in [0.25, 0.3) is 0 Å². The first-order valence-electron chi connectivity index (χ1n) is 3.91. The maximum Gasteiger partial charge on any atom is 0.213 e. The molecule has 0 unspecified atom stereocenters. The maximum atomic E-state index is 8.72. The van der Waals surface area contributed by atoms with Gasteiger partial charge in [0.15, 0.2) is 5.13 Å². The Kier molecular flexibility index (Phi) is 2.16. The summed E-state index contributed by atoms with van der Waals surface area (Å²) in [6.07, 6.45) is 5.07. The molecule has 2 rings (SSSR count). The molecule has 0 fully saturated rings. The molecule has 0 spiro atoms. The molecule has 0 aliphatic heterocycles. The minimum atomic E-state index is 0.400. The lowest BCUT2D eigenvalue weighted by Crippen LogP contribution is -1.99. The van der Waals surface area contributed by atoms with Crippen LogP contribution in [0.3, 0.4) is 0 Å². The molecule has 0 amide bonds. The molecular weight excluding hydrogens is 198 g/mol. The number of anilines is 1.